The molecule has 1 amide bonds. The lowest BCUT2D eigenvalue weighted by Gasteiger charge is -2.15. The normalized spacial score (nSPS) is 11.8. The fourth-order valence-corrected chi connectivity index (χ4v) is 3.80. The number of carbonyl (C=O) groups excluding carboxylic acids is 1. The van der Waals surface area contributed by atoms with E-state index < -0.39 is 17.6 Å². The Kier molecular flexibility index (Phi) is 7.17. The maximum absolute atomic E-state index is 13.5. The third-order valence-electron chi connectivity index (χ3n) is 6.02. The van der Waals surface area contributed by atoms with Gasteiger partial charge in [-0.3, -0.25) is 9.48 Å². The van der Waals surface area contributed by atoms with E-state index in [1.54, 1.807) is 40.0 Å². The molecule has 0 aliphatic heterocycles. The monoisotopic (exact) mass is 511 g/mol. The fourth-order valence-electron chi connectivity index (χ4n) is 3.80. The molecule has 37 heavy (non-hydrogen) atoms. The molecule has 4 aromatic rings. The first-order valence-electron chi connectivity index (χ1n) is 11.7. The highest BCUT2D eigenvalue weighted by atomic mass is 19.4. The van der Waals surface area contributed by atoms with Gasteiger partial charge in [0.05, 0.1) is 23.6 Å². The number of nitrogens with one attached hydrogen (secondary N) is 2. The van der Waals surface area contributed by atoms with Crippen LogP contribution in [0, 0.1) is 13.8 Å². The zero-order valence-electron chi connectivity index (χ0n) is 21.2. The van der Waals surface area contributed by atoms with Crippen molar-refractivity contribution >= 4 is 11.6 Å². The van der Waals surface area contributed by atoms with Crippen molar-refractivity contribution in [3.63, 3.8) is 0 Å². The summed E-state index contributed by atoms with van der Waals surface area (Å²) in [6, 6.07) is 8.66. The van der Waals surface area contributed by atoms with Gasteiger partial charge in [0.15, 0.2) is 0 Å². The number of aryl methyl sites for hydroxylation is 2. The van der Waals surface area contributed by atoms with Crippen LogP contribution in [0.4, 0.5) is 18.9 Å². The number of hydrogen-bond acceptors (Lipinski definition) is 5. The van der Waals surface area contributed by atoms with E-state index in [2.05, 4.69) is 26.0 Å². The third-order valence-corrected chi connectivity index (χ3v) is 6.02. The summed E-state index contributed by atoms with van der Waals surface area (Å²) in [4.78, 5) is 13.0. The number of rotatable bonds is 7. The molecule has 0 fully saturated rings. The molecule has 11 heteroatoms. The summed E-state index contributed by atoms with van der Waals surface area (Å²) in [5, 5.41) is 18.5. The van der Waals surface area contributed by atoms with Gasteiger partial charge < -0.3 is 10.6 Å². The molecule has 0 aliphatic carbocycles. The lowest BCUT2D eigenvalue weighted by Crippen LogP contribution is -2.23. The summed E-state index contributed by atoms with van der Waals surface area (Å²) in [5.41, 5.74) is 3.82. The molecule has 2 aromatic carbocycles. The SMILES string of the molecule is Cc1ccc(NC(=O)c2cc(CNC(C)C)cc(C(F)(F)F)c2)cc1-n1cc(-c2cnn(C)c2C)nn1. The Morgan fingerprint density at radius 2 is 1.86 bits per heavy atom. The molecular weight excluding hydrogens is 483 g/mol. The van der Waals surface area contributed by atoms with Crippen molar-refractivity contribution in [2.75, 3.05) is 5.32 Å². The maximum Gasteiger partial charge on any atom is 0.416 e. The number of hydrogen-bond donors (Lipinski definition) is 2. The summed E-state index contributed by atoms with van der Waals surface area (Å²) < 4.78 is 43.8. The number of halogens is 3. The summed E-state index contributed by atoms with van der Waals surface area (Å²) in [6.07, 6.45) is -1.09. The number of carbonyl (C=O) groups is 1. The van der Waals surface area contributed by atoms with Gasteiger partial charge in [-0.05, 0) is 55.3 Å². The van der Waals surface area contributed by atoms with Crippen molar-refractivity contribution in [2.24, 2.45) is 7.05 Å². The summed E-state index contributed by atoms with van der Waals surface area (Å²) in [6.45, 7) is 7.82. The van der Waals surface area contributed by atoms with Crippen LogP contribution in [0.2, 0.25) is 0 Å². The lowest BCUT2D eigenvalue weighted by atomic mass is 10.0. The van der Waals surface area contributed by atoms with Crippen LogP contribution in [0.15, 0.2) is 48.8 Å². The molecule has 0 radical (unpaired) electrons. The van der Waals surface area contributed by atoms with Crippen LogP contribution in [0.1, 0.15) is 46.6 Å². The Bertz CT molecular complexity index is 1440. The third kappa shape index (κ3) is 5.88. The van der Waals surface area contributed by atoms with Gasteiger partial charge in [0.25, 0.3) is 5.91 Å². The minimum atomic E-state index is -4.57. The van der Waals surface area contributed by atoms with Crippen molar-refractivity contribution in [3.05, 3.63) is 76.7 Å². The predicted octanol–water partition coefficient (Wildman–Crippen LogP) is 5.05. The summed E-state index contributed by atoms with van der Waals surface area (Å²) in [5.74, 6) is -0.642. The average Bonchev–Trinajstić information content (AvgIpc) is 3.45. The van der Waals surface area contributed by atoms with E-state index >= 15 is 0 Å². The molecule has 0 saturated carbocycles. The number of benzene rings is 2. The Labute approximate surface area is 212 Å². The molecular formula is C26H28F3N7O. The van der Waals surface area contributed by atoms with Crippen LogP contribution < -0.4 is 10.6 Å². The molecule has 194 valence electrons. The van der Waals surface area contributed by atoms with Gasteiger partial charge in [0.1, 0.15) is 5.69 Å². The van der Waals surface area contributed by atoms with Gasteiger partial charge in [-0.15, -0.1) is 5.10 Å². The molecule has 0 bridgehead atoms. The molecule has 2 N–H and O–H groups in total. The van der Waals surface area contributed by atoms with Crippen molar-refractivity contribution in [3.8, 4) is 16.9 Å². The quantitative estimate of drug-likeness (QED) is 0.362. The topological polar surface area (TPSA) is 89.7 Å². The molecule has 2 aromatic heterocycles. The van der Waals surface area contributed by atoms with Crippen LogP contribution in [-0.4, -0.2) is 36.7 Å². The zero-order valence-corrected chi connectivity index (χ0v) is 21.2. The molecule has 2 heterocycles. The van der Waals surface area contributed by atoms with Crippen molar-refractivity contribution in [1.82, 2.24) is 30.1 Å². The molecule has 4 rings (SSSR count). The van der Waals surface area contributed by atoms with Gasteiger partial charge >= 0.3 is 6.18 Å². The van der Waals surface area contributed by atoms with Crippen LogP contribution in [0.5, 0.6) is 0 Å². The first kappa shape index (κ1) is 26.1. The van der Waals surface area contributed by atoms with Crippen LogP contribution >= 0.6 is 0 Å². The molecule has 0 atom stereocenters. The molecule has 0 spiro atoms. The average molecular weight is 512 g/mol. The standard InChI is InChI=1S/C26H28F3N7O/c1-15(2)30-12-18-8-19(10-20(9-18)26(27,28)29)25(37)32-21-7-6-16(3)24(11-21)36-14-23(33-34-36)22-13-31-35(5)17(22)4/h6-11,13-15,30H,12H2,1-5H3,(H,32,37). The number of alkyl halides is 3. The zero-order chi connectivity index (χ0) is 26.9. The minimum Gasteiger partial charge on any atom is -0.322 e. The first-order valence-corrected chi connectivity index (χ1v) is 11.7. The second kappa shape index (κ2) is 10.2. The van der Waals surface area contributed by atoms with E-state index in [-0.39, 0.29) is 18.2 Å². The van der Waals surface area contributed by atoms with Gasteiger partial charge in [-0.25, -0.2) is 4.68 Å². The Morgan fingerprint density at radius 3 is 2.51 bits per heavy atom. The molecule has 0 saturated heterocycles. The second-order valence-corrected chi connectivity index (χ2v) is 9.22. The van der Waals surface area contributed by atoms with Crippen molar-refractivity contribution in [1.29, 1.82) is 0 Å². The summed E-state index contributed by atoms with van der Waals surface area (Å²) >= 11 is 0. The number of aromatic nitrogens is 5. The number of anilines is 1. The molecule has 8 nitrogen and oxygen atoms in total. The van der Waals surface area contributed by atoms with Gasteiger partial charge in [-0.1, -0.05) is 25.1 Å². The van der Waals surface area contributed by atoms with Crippen molar-refractivity contribution in [2.45, 2.75) is 46.5 Å². The minimum absolute atomic E-state index is 0.0763. The van der Waals surface area contributed by atoms with E-state index in [0.29, 0.717) is 22.6 Å². The van der Waals surface area contributed by atoms with Gasteiger partial charge in [0, 0.05) is 42.1 Å². The Balaban J connectivity index is 1.61. The van der Waals surface area contributed by atoms with E-state index in [4.69, 9.17) is 0 Å². The van der Waals surface area contributed by atoms with Gasteiger partial charge in [-0.2, -0.15) is 18.3 Å². The molecule has 0 unspecified atom stereocenters. The van der Waals surface area contributed by atoms with E-state index in [1.165, 1.54) is 6.07 Å². The Morgan fingerprint density at radius 1 is 1.11 bits per heavy atom. The lowest BCUT2D eigenvalue weighted by molar-refractivity contribution is -0.137. The molecule has 0 aliphatic rings. The van der Waals surface area contributed by atoms with Crippen LogP contribution in [0.3, 0.4) is 0 Å². The van der Waals surface area contributed by atoms with E-state index in [1.807, 2.05) is 34.7 Å². The smallest absolute Gasteiger partial charge is 0.322 e. The second-order valence-electron chi connectivity index (χ2n) is 9.22. The van der Waals surface area contributed by atoms with Crippen molar-refractivity contribution < 1.29 is 18.0 Å². The first-order chi connectivity index (χ1) is 17.4. The van der Waals surface area contributed by atoms with Crippen LogP contribution in [-0.2, 0) is 19.8 Å². The fraction of sp³-hybridized carbons (Fsp3) is 0.308. The van der Waals surface area contributed by atoms with Crippen LogP contribution in [0.25, 0.3) is 16.9 Å². The predicted molar refractivity (Wildman–Crippen MR) is 134 cm³/mol. The maximum atomic E-state index is 13.5. The highest BCUT2D eigenvalue weighted by molar-refractivity contribution is 6.04. The number of nitrogens with zero attached hydrogens (tertiary/aromatic N) is 5. The largest absolute Gasteiger partial charge is 0.416 e. The summed E-state index contributed by atoms with van der Waals surface area (Å²) in [7, 11) is 1.84. The van der Waals surface area contributed by atoms with Gasteiger partial charge in [0.2, 0.25) is 0 Å². The number of amides is 1. The highest BCUT2D eigenvalue weighted by Gasteiger charge is 2.32. The Hall–Kier alpha value is -3.99. The van der Waals surface area contributed by atoms with E-state index in [0.717, 1.165) is 29.0 Å². The highest BCUT2D eigenvalue weighted by Crippen LogP contribution is 2.31. The van der Waals surface area contributed by atoms with E-state index in [9.17, 15) is 18.0 Å².